The monoisotopic (exact) mass is 341 g/mol. The summed E-state index contributed by atoms with van der Waals surface area (Å²) in [6, 6.07) is 4.85. The van der Waals surface area contributed by atoms with Gasteiger partial charge >= 0.3 is 5.97 Å². The Balaban J connectivity index is 2.08. The van der Waals surface area contributed by atoms with Gasteiger partial charge in [-0.3, -0.25) is 4.79 Å². The number of benzene rings is 1. The zero-order chi connectivity index (χ0) is 16.8. The highest BCUT2D eigenvalue weighted by atomic mass is 35.5. The second-order valence-corrected chi connectivity index (χ2v) is 5.87. The zero-order valence-corrected chi connectivity index (χ0v) is 13.6. The van der Waals surface area contributed by atoms with Crippen LogP contribution in [0.2, 0.25) is 5.02 Å². The summed E-state index contributed by atoms with van der Waals surface area (Å²) in [5.74, 6) is -1.12. The largest absolute Gasteiger partial charge is 0.490 e. The smallest absolute Gasteiger partial charge is 0.334 e. The molecule has 0 spiro atoms. The highest BCUT2D eigenvalue weighted by Crippen LogP contribution is 2.28. The number of carbonyl (C=O) groups excluding carboxylic acids is 1. The Morgan fingerprint density at radius 2 is 2.09 bits per heavy atom. The summed E-state index contributed by atoms with van der Waals surface area (Å²) in [7, 11) is 1.28. The number of carboxylic acid groups (broad SMARTS) is 1. The van der Waals surface area contributed by atoms with Gasteiger partial charge < -0.3 is 19.9 Å². The number of carbonyl (C=O) groups is 2. The van der Waals surface area contributed by atoms with E-state index in [2.05, 4.69) is 5.32 Å². The Morgan fingerprint density at radius 3 is 2.70 bits per heavy atom. The van der Waals surface area contributed by atoms with Crippen LogP contribution < -0.4 is 10.1 Å². The Kier molecular flexibility index (Phi) is 6.24. The van der Waals surface area contributed by atoms with Gasteiger partial charge in [0.05, 0.1) is 18.2 Å². The van der Waals surface area contributed by atoms with Crippen LogP contribution in [0.3, 0.4) is 0 Å². The maximum Gasteiger partial charge on any atom is 0.334 e. The highest BCUT2D eigenvalue weighted by Gasteiger charge is 2.22. The van der Waals surface area contributed by atoms with Crippen LogP contribution in [0, 0.1) is 0 Å². The molecule has 23 heavy (non-hydrogen) atoms. The lowest BCUT2D eigenvalue weighted by Gasteiger charge is -2.17. The molecule has 1 aromatic carbocycles. The van der Waals surface area contributed by atoms with Gasteiger partial charge in [0.15, 0.2) is 6.10 Å². The number of nitrogens with one attached hydrogen (secondary N) is 1. The Labute approximate surface area is 139 Å². The molecule has 7 heteroatoms. The van der Waals surface area contributed by atoms with Crippen LogP contribution in [0.4, 0.5) is 0 Å². The van der Waals surface area contributed by atoms with E-state index in [1.165, 1.54) is 13.2 Å². The van der Waals surface area contributed by atoms with E-state index < -0.39 is 18.0 Å². The number of hydrogen-bond donors (Lipinski definition) is 2. The van der Waals surface area contributed by atoms with Gasteiger partial charge in [-0.2, -0.15) is 0 Å². The number of hydrogen-bond acceptors (Lipinski definition) is 4. The van der Waals surface area contributed by atoms with Crippen molar-refractivity contribution in [1.29, 1.82) is 0 Å². The van der Waals surface area contributed by atoms with E-state index in [-0.39, 0.29) is 12.6 Å². The number of amides is 1. The van der Waals surface area contributed by atoms with Gasteiger partial charge in [0, 0.05) is 12.1 Å². The maximum absolute atomic E-state index is 12.3. The molecule has 1 atom stereocenters. The second kappa shape index (κ2) is 8.17. The SMILES string of the molecule is COC(CNC(=O)c1cc(Cl)ccc1OC1CCCC1)C(=O)O. The quantitative estimate of drug-likeness (QED) is 0.796. The van der Waals surface area contributed by atoms with Crippen LogP contribution in [0.5, 0.6) is 5.75 Å². The average Bonchev–Trinajstić information content (AvgIpc) is 3.02. The lowest BCUT2D eigenvalue weighted by atomic mass is 10.1. The molecule has 6 nitrogen and oxygen atoms in total. The fraction of sp³-hybridized carbons (Fsp3) is 0.500. The van der Waals surface area contributed by atoms with E-state index in [9.17, 15) is 9.59 Å². The minimum absolute atomic E-state index is 0.105. The van der Waals surface area contributed by atoms with Crippen LogP contribution in [0.15, 0.2) is 18.2 Å². The first-order chi connectivity index (χ1) is 11.0. The molecule has 126 valence electrons. The first-order valence-electron chi connectivity index (χ1n) is 7.51. The van der Waals surface area contributed by atoms with Gasteiger partial charge in [0.1, 0.15) is 5.75 Å². The molecule has 1 fully saturated rings. The van der Waals surface area contributed by atoms with Crippen molar-refractivity contribution < 1.29 is 24.2 Å². The molecule has 0 radical (unpaired) electrons. The molecule has 0 aliphatic heterocycles. The third-order valence-electron chi connectivity index (χ3n) is 3.79. The van der Waals surface area contributed by atoms with Gasteiger partial charge in [0.25, 0.3) is 5.91 Å². The second-order valence-electron chi connectivity index (χ2n) is 5.44. The molecule has 1 aliphatic carbocycles. The number of methoxy groups -OCH3 is 1. The number of aliphatic carboxylic acids is 1. The first-order valence-corrected chi connectivity index (χ1v) is 7.89. The highest BCUT2D eigenvalue weighted by molar-refractivity contribution is 6.31. The minimum atomic E-state index is -1.14. The van der Waals surface area contributed by atoms with Gasteiger partial charge in [-0.15, -0.1) is 0 Å². The molecule has 0 bridgehead atoms. The Bertz CT molecular complexity index is 572. The molecule has 0 aromatic heterocycles. The summed E-state index contributed by atoms with van der Waals surface area (Å²) in [6.45, 7) is -0.139. The molecule has 0 saturated heterocycles. The molecule has 1 amide bonds. The van der Waals surface area contributed by atoms with E-state index in [1.54, 1.807) is 12.1 Å². The topological polar surface area (TPSA) is 84.9 Å². The molecule has 0 heterocycles. The number of carboxylic acids is 1. The zero-order valence-electron chi connectivity index (χ0n) is 12.9. The summed E-state index contributed by atoms with van der Waals surface area (Å²) in [4.78, 5) is 23.2. The van der Waals surface area contributed by atoms with Crippen molar-refractivity contribution in [2.24, 2.45) is 0 Å². The van der Waals surface area contributed by atoms with Crippen molar-refractivity contribution in [3.63, 3.8) is 0 Å². The fourth-order valence-corrected chi connectivity index (χ4v) is 2.69. The lowest BCUT2D eigenvalue weighted by molar-refractivity contribution is -0.148. The van der Waals surface area contributed by atoms with Crippen molar-refractivity contribution in [3.05, 3.63) is 28.8 Å². The maximum atomic E-state index is 12.3. The van der Waals surface area contributed by atoms with Crippen molar-refractivity contribution in [2.45, 2.75) is 37.9 Å². The predicted octanol–water partition coefficient (Wildman–Crippen LogP) is 2.49. The summed E-state index contributed by atoms with van der Waals surface area (Å²) in [5, 5.41) is 11.9. The third kappa shape index (κ3) is 4.84. The van der Waals surface area contributed by atoms with Crippen LogP contribution in [0.1, 0.15) is 36.0 Å². The third-order valence-corrected chi connectivity index (χ3v) is 4.03. The molecule has 2 rings (SSSR count). The van der Waals surface area contributed by atoms with Crippen LogP contribution in [-0.4, -0.2) is 42.8 Å². The first kappa shape index (κ1) is 17.6. The predicted molar refractivity (Wildman–Crippen MR) is 85.1 cm³/mol. The molecule has 1 saturated carbocycles. The molecule has 2 N–H and O–H groups in total. The van der Waals surface area contributed by atoms with E-state index in [1.807, 2.05) is 0 Å². The summed E-state index contributed by atoms with van der Waals surface area (Å²) in [5.41, 5.74) is 0.296. The minimum Gasteiger partial charge on any atom is -0.490 e. The van der Waals surface area contributed by atoms with Gasteiger partial charge in [0.2, 0.25) is 0 Å². The van der Waals surface area contributed by atoms with Gasteiger partial charge in [-0.25, -0.2) is 4.79 Å². The van der Waals surface area contributed by atoms with Crippen LogP contribution in [0.25, 0.3) is 0 Å². The van der Waals surface area contributed by atoms with Crippen molar-refractivity contribution >= 4 is 23.5 Å². The lowest BCUT2D eigenvalue weighted by Crippen LogP contribution is -2.38. The standard InChI is InChI=1S/C16H20ClNO5/c1-22-14(16(20)21)9-18-15(19)12-8-10(17)6-7-13(12)23-11-4-2-3-5-11/h6-8,11,14H,2-5,9H2,1H3,(H,18,19)(H,20,21). The van der Waals surface area contributed by atoms with Gasteiger partial charge in [-0.1, -0.05) is 11.6 Å². The fourth-order valence-electron chi connectivity index (χ4n) is 2.52. The molecule has 1 unspecified atom stereocenters. The number of rotatable bonds is 7. The summed E-state index contributed by atoms with van der Waals surface area (Å²) in [6.07, 6.45) is 3.18. The van der Waals surface area contributed by atoms with E-state index in [0.29, 0.717) is 16.3 Å². The van der Waals surface area contributed by atoms with Crippen molar-refractivity contribution in [1.82, 2.24) is 5.32 Å². The molecular formula is C16H20ClNO5. The molecule has 1 aromatic rings. The Morgan fingerprint density at radius 1 is 1.39 bits per heavy atom. The average molecular weight is 342 g/mol. The van der Waals surface area contributed by atoms with Crippen LogP contribution >= 0.6 is 11.6 Å². The van der Waals surface area contributed by atoms with Crippen LogP contribution in [-0.2, 0) is 9.53 Å². The normalized spacial score (nSPS) is 16.1. The van der Waals surface area contributed by atoms with E-state index in [4.69, 9.17) is 26.2 Å². The number of ether oxygens (including phenoxy) is 2. The summed E-state index contributed by atoms with van der Waals surface area (Å²) < 4.78 is 10.7. The Hall–Kier alpha value is -1.79. The van der Waals surface area contributed by atoms with E-state index in [0.717, 1.165) is 25.7 Å². The molecule has 1 aliphatic rings. The molecular weight excluding hydrogens is 322 g/mol. The van der Waals surface area contributed by atoms with E-state index >= 15 is 0 Å². The van der Waals surface area contributed by atoms with Crippen molar-refractivity contribution in [2.75, 3.05) is 13.7 Å². The summed E-state index contributed by atoms with van der Waals surface area (Å²) >= 11 is 5.96. The van der Waals surface area contributed by atoms with Gasteiger partial charge in [-0.05, 0) is 43.9 Å². The number of halogens is 1. The van der Waals surface area contributed by atoms with Crippen molar-refractivity contribution in [3.8, 4) is 5.75 Å².